The van der Waals surface area contributed by atoms with Crippen molar-refractivity contribution in [3.05, 3.63) is 0 Å². The highest BCUT2D eigenvalue weighted by Crippen LogP contribution is 2.35. The normalized spacial score (nSPS) is 29.9. The molecule has 1 rings (SSSR count). The summed E-state index contributed by atoms with van der Waals surface area (Å²) in [7, 11) is 0. The molecular weight excluding hydrogens is 248 g/mol. The minimum Gasteiger partial charge on any atom is -0.392 e. The van der Waals surface area contributed by atoms with Crippen LogP contribution in [0.4, 0.5) is 0 Å². The summed E-state index contributed by atoms with van der Waals surface area (Å²) in [5.41, 5.74) is 5.62. The Labute approximate surface area is 114 Å². The van der Waals surface area contributed by atoms with E-state index in [-0.39, 0.29) is 17.4 Å². The van der Waals surface area contributed by atoms with Crippen LogP contribution in [0.5, 0.6) is 0 Å². The Kier molecular flexibility index (Phi) is 6.46. The monoisotopic (exact) mass is 274 g/mol. The molecule has 106 valence electrons. The number of thioether (sulfide) groups is 1. The molecule has 1 saturated carbocycles. The summed E-state index contributed by atoms with van der Waals surface area (Å²) in [6.07, 6.45) is 6.41. The highest BCUT2D eigenvalue weighted by Gasteiger charge is 2.35. The maximum absolute atomic E-state index is 11.8. The fourth-order valence-corrected chi connectivity index (χ4v) is 2.87. The summed E-state index contributed by atoms with van der Waals surface area (Å²) < 4.78 is 0. The number of aliphatic hydroxyl groups is 1. The molecule has 4 nitrogen and oxygen atoms in total. The standard InChI is InChI=1S/C13H26N2O2S/c1-13(7-4-3-5-11(13)16)9-15-12(17)10(14)6-8-18-2/h10-11,16H,3-9,14H2,1-2H3,(H,15,17)/t10-,11?,13?/m0/s1. The molecule has 0 aromatic heterocycles. The number of amides is 1. The van der Waals surface area contributed by atoms with Gasteiger partial charge in [-0.05, 0) is 31.3 Å². The third-order valence-corrected chi connectivity index (χ3v) is 4.56. The van der Waals surface area contributed by atoms with Crippen molar-refractivity contribution >= 4 is 17.7 Å². The van der Waals surface area contributed by atoms with E-state index in [2.05, 4.69) is 5.32 Å². The van der Waals surface area contributed by atoms with Crippen molar-refractivity contribution in [3.8, 4) is 0 Å². The van der Waals surface area contributed by atoms with Gasteiger partial charge in [0.1, 0.15) is 0 Å². The first-order chi connectivity index (χ1) is 8.49. The Morgan fingerprint density at radius 1 is 1.61 bits per heavy atom. The second kappa shape index (κ2) is 7.36. The molecule has 4 N–H and O–H groups in total. The van der Waals surface area contributed by atoms with Crippen LogP contribution in [0.1, 0.15) is 39.0 Å². The molecule has 1 aliphatic rings. The number of aliphatic hydroxyl groups excluding tert-OH is 1. The van der Waals surface area contributed by atoms with Crippen molar-refractivity contribution in [1.29, 1.82) is 0 Å². The Morgan fingerprint density at radius 2 is 2.33 bits per heavy atom. The summed E-state index contributed by atoms with van der Waals surface area (Å²) in [6, 6.07) is -0.429. The molecule has 3 atom stereocenters. The van der Waals surface area contributed by atoms with Crippen LogP contribution in [0.25, 0.3) is 0 Å². The highest BCUT2D eigenvalue weighted by molar-refractivity contribution is 7.98. The molecule has 0 radical (unpaired) electrons. The van der Waals surface area contributed by atoms with Crippen molar-refractivity contribution in [1.82, 2.24) is 5.32 Å². The lowest BCUT2D eigenvalue weighted by molar-refractivity contribution is -0.123. The second-order valence-electron chi connectivity index (χ2n) is 5.52. The molecule has 0 bridgehead atoms. The van der Waals surface area contributed by atoms with Crippen molar-refractivity contribution in [2.45, 2.75) is 51.2 Å². The Bertz CT molecular complexity index is 276. The van der Waals surface area contributed by atoms with Gasteiger partial charge in [-0.15, -0.1) is 0 Å². The number of carbonyl (C=O) groups is 1. The summed E-state index contributed by atoms with van der Waals surface area (Å²) in [5.74, 6) is 0.803. The first-order valence-electron chi connectivity index (χ1n) is 6.70. The zero-order valence-corrected chi connectivity index (χ0v) is 12.3. The molecule has 0 aromatic carbocycles. The molecule has 1 fully saturated rings. The van der Waals surface area contributed by atoms with Crippen molar-refractivity contribution in [2.24, 2.45) is 11.1 Å². The maximum Gasteiger partial charge on any atom is 0.236 e. The number of hydrogen-bond acceptors (Lipinski definition) is 4. The third-order valence-electron chi connectivity index (χ3n) is 3.92. The largest absolute Gasteiger partial charge is 0.392 e. The summed E-state index contributed by atoms with van der Waals surface area (Å²) in [6.45, 7) is 2.57. The quantitative estimate of drug-likeness (QED) is 0.678. The van der Waals surface area contributed by atoms with E-state index >= 15 is 0 Å². The molecule has 1 aliphatic carbocycles. The van der Waals surface area contributed by atoms with Gasteiger partial charge < -0.3 is 16.2 Å². The van der Waals surface area contributed by atoms with Crippen molar-refractivity contribution in [2.75, 3.05) is 18.6 Å². The van der Waals surface area contributed by atoms with Crippen LogP contribution in [0, 0.1) is 5.41 Å². The number of nitrogens with one attached hydrogen (secondary N) is 1. The number of hydrogen-bond donors (Lipinski definition) is 3. The molecule has 0 aromatic rings. The molecule has 2 unspecified atom stereocenters. The zero-order valence-electron chi connectivity index (χ0n) is 11.4. The van der Waals surface area contributed by atoms with Gasteiger partial charge >= 0.3 is 0 Å². The van der Waals surface area contributed by atoms with Crippen LogP contribution < -0.4 is 11.1 Å². The van der Waals surface area contributed by atoms with Crippen LogP contribution in [-0.2, 0) is 4.79 Å². The highest BCUT2D eigenvalue weighted by atomic mass is 32.2. The fraction of sp³-hybridized carbons (Fsp3) is 0.923. The molecule has 0 spiro atoms. The Morgan fingerprint density at radius 3 is 2.94 bits per heavy atom. The van der Waals surface area contributed by atoms with E-state index in [1.807, 2.05) is 13.2 Å². The zero-order chi connectivity index (χ0) is 13.6. The first-order valence-corrected chi connectivity index (χ1v) is 8.09. The van der Waals surface area contributed by atoms with Crippen LogP contribution in [0.2, 0.25) is 0 Å². The Balaban J connectivity index is 2.36. The van der Waals surface area contributed by atoms with Crippen molar-refractivity contribution in [3.63, 3.8) is 0 Å². The molecule has 0 aliphatic heterocycles. The van der Waals surface area contributed by atoms with Gasteiger partial charge in [0.05, 0.1) is 12.1 Å². The van der Waals surface area contributed by atoms with Gasteiger partial charge in [-0.3, -0.25) is 4.79 Å². The average Bonchev–Trinajstić information content (AvgIpc) is 2.37. The smallest absolute Gasteiger partial charge is 0.236 e. The molecule has 0 saturated heterocycles. The summed E-state index contributed by atoms with van der Waals surface area (Å²) in [5, 5.41) is 12.9. The molecule has 18 heavy (non-hydrogen) atoms. The van der Waals surface area contributed by atoms with E-state index in [0.29, 0.717) is 13.0 Å². The van der Waals surface area contributed by atoms with Crippen LogP contribution in [0.3, 0.4) is 0 Å². The maximum atomic E-state index is 11.8. The van der Waals surface area contributed by atoms with E-state index in [1.54, 1.807) is 11.8 Å². The predicted molar refractivity (Wildman–Crippen MR) is 76.6 cm³/mol. The fourth-order valence-electron chi connectivity index (χ4n) is 2.38. The van der Waals surface area contributed by atoms with Gasteiger partial charge in [0.2, 0.25) is 5.91 Å². The van der Waals surface area contributed by atoms with E-state index in [1.165, 1.54) is 0 Å². The van der Waals surface area contributed by atoms with Gasteiger partial charge in [-0.1, -0.05) is 19.8 Å². The van der Waals surface area contributed by atoms with Gasteiger partial charge in [-0.2, -0.15) is 11.8 Å². The van der Waals surface area contributed by atoms with Crippen LogP contribution in [-0.4, -0.2) is 41.7 Å². The predicted octanol–water partition coefficient (Wildman–Crippen LogP) is 1.12. The number of carbonyl (C=O) groups excluding carboxylic acids is 1. The van der Waals surface area contributed by atoms with Crippen LogP contribution >= 0.6 is 11.8 Å². The molecule has 1 amide bonds. The molecule has 5 heteroatoms. The van der Waals surface area contributed by atoms with Gasteiger partial charge in [-0.25, -0.2) is 0 Å². The van der Waals surface area contributed by atoms with Gasteiger partial charge in [0, 0.05) is 12.0 Å². The minimum absolute atomic E-state index is 0.0944. The second-order valence-corrected chi connectivity index (χ2v) is 6.51. The average molecular weight is 274 g/mol. The number of nitrogens with two attached hydrogens (primary N) is 1. The van der Waals surface area contributed by atoms with E-state index in [0.717, 1.165) is 31.4 Å². The summed E-state index contributed by atoms with van der Waals surface area (Å²) >= 11 is 1.69. The lowest BCUT2D eigenvalue weighted by atomic mass is 9.73. The van der Waals surface area contributed by atoms with Gasteiger partial charge in [0.25, 0.3) is 0 Å². The first kappa shape index (κ1) is 15.8. The third kappa shape index (κ3) is 4.44. The van der Waals surface area contributed by atoms with E-state index in [9.17, 15) is 9.90 Å². The van der Waals surface area contributed by atoms with E-state index < -0.39 is 6.04 Å². The minimum atomic E-state index is -0.429. The van der Waals surface area contributed by atoms with Crippen molar-refractivity contribution < 1.29 is 9.90 Å². The lowest BCUT2D eigenvalue weighted by Gasteiger charge is -2.38. The molecular formula is C13H26N2O2S. The number of rotatable bonds is 6. The van der Waals surface area contributed by atoms with E-state index in [4.69, 9.17) is 5.73 Å². The topological polar surface area (TPSA) is 75.4 Å². The van der Waals surface area contributed by atoms with Crippen LogP contribution in [0.15, 0.2) is 0 Å². The van der Waals surface area contributed by atoms with Gasteiger partial charge in [0.15, 0.2) is 0 Å². The summed E-state index contributed by atoms with van der Waals surface area (Å²) in [4.78, 5) is 11.8. The SMILES string of the molecule is CSCC[C@H](N)C(=O)NCC1(C)CCCCC1O. The molecule has 0 heterocycles. The lowest BCUT2D eigenvalue weighted by Crippen LogP contribution is -2.49. The Hall–Kier alpha value is -0.260.